The van der Waals surface area contributed by atoms with Crippen molar-refractivity contribution >= 4 is 29.2 Å². The molecule has 0 aliphatic carbocycles. The first-order valence-corrected chi connectivity index (χ1v) is 9.07. The van der Waals surface area contributed by atoms with Gasteiger partial charge in [-0.3, -0.25) is 9.59 Å². The summed E-state index contributed by atoms with van der Waals surface area (Å²) in [7, 11) is 0. The van der Waals surface area contributed by atoms with Crippen LogP contribution in [0.25, 0.3) is 0 Å². The van der Waals surface area contributed by atoms with E-state index in [0.29, 0.717) is 24.4 Å². The highest BCUT2D eigenvalue weighted by Gasteiger charge is 2.24. The zero-order valence-corrected chi connectivity index (χ0v) is 15.6. The number of fused-ring (bicyclic) bond motifs is 1. The molecule has 0 aromatic heterocycles. The van der Waals surface area contributed by atoms with E-state index in [2.05, 4.69) is 5.32 Å². The quantitative estimate of drug-likeness (QED) is 0.768. The van der Waals surface area contributed by atoms with Gasteiger partial charge in [-0.2, -0.15) is 0 Å². The normalized spacial score (nSPS) is 13.0. The number of rotatable bonds is 7. The summed E-state index contributed by atoms with van der Waals surface area (Å²) >= 11 is 0. The molecule has 1 heterocycles. The molecule has 2 aromatic rings. The number of ether oxygens (including phenoxy) is 1. The van der Waals surface area contributed by atoms with Crippen LogP contribution in [-0.4, -0.2) is 36.0 Å². The highest BCUT2D eigenvalue weighted by molar-refractivity contribution is 5.98. The molecule has 0 saturated carbocycles. The Labute approximate surface area is 162 Å². The van der Waals surface area contributed by atoms with Crippen molar-refractivity contribution in [2.24, 2.45) is 0 Å². The molecule has 0 radical (unpaired) electrons. The average Bonchev–Trinajstić information content (AvgIpc) is 2.67. The first kappa shape index (κ1) is 19.4. The molecule has 1 aliphatic rings. The van der Waals surface area contributed by atoms with Crippen LogP contribution in [0.3, 0.4) is 0 Å². The fraction of sp³-hybridized carbons (Fsp3) is 0.286. The summed E-state index contributed by atoms with van der Waals surface area (Å²) in [6, 6.07) is 12.7. The number of nitrogens with one attached hydrogen (secondary N) is 1. The van der Waals surface area contributed by atoms with Crippen molar-refractivity contribution in [1.29, 1.82) is 0 Å². The highest BCUT2D eigenvalue weighted by atomic mass is 16.5. The number of carboxylic acid groups (broad SMARTS) is 1. The predicted octanol–water partition coefficient (Wildman–Crippen LogP) is 2.77. The lowest BCUT2D eigenvalue weighted by molar-refractivity contribution is -0.139. The van der Waals surface area contributed by atoms with Crippen LogP contribution in [0.1, 0.15) is 24.0 Å². The molecule has 0 bridgehead atoms. The summed E-state index contributed by atoms with van der Waals surface area (Å²) < 4.78 is 5.12. The number of hydrogen-bond acceptors (Lipinski definition) is 4. The molecule has 2 N–H and O–H groups in total. The summed E-state index contributed by atoms with van der Waals surface area (Å²) in [5, 5.41) is 11.5. The number of carbonyl (C=O) groups is 3. The third-order valence-electron chi connectivity index (χ3n) is 4.59. The lowest BCUT2D eigenvalue weighted by Crippen LogP contribution is -2.37. The molecule has 0 spiro atoms. The van der Waals surface area contributed by atoms with Gasteiger partial charge in [0.1, 0.15) is 5.75 Å². The lowest BCUT2D eigenvalue weighted by Gasteiger charge is -2.29. The maximum Gasteiger partial charge on any atom is 0.341 e. The lowest BCUT2D eigenvalue weighted by atomic mass is 10.0. The van der Waals surface area contributed by atoms with Crippen LogP contribution in [0.5, 0.6) is 5.75 Å². The second kappa shape index (κ2) is 8.56. The zero-order valence-electron chi connectivity index (χ0n) is 15.6. The Hall–Kier alpha value is -3.35. The second-order valence-electron chi connectivity index (χ2n) is 6.63. The molecule has 7 nitrogen and oxygen atoms in total. The molecule has 0 unspecified atom stereocenters. The minimum absolute atomic E-state index is 0.0302. The van der Waals surface area contributed by atoms with Gasteiger partial charge >= 0.3 is 5.97 Å². The molecule has 146 valence electrons. The number of carbonyl (C=O) groups excluding carboxylic acids is 2. The summed E-state index contributed by atoms with van der Waals surface area (Å²) in [6.45, 7) is 1.70. The fourth-order valence-electron chi connectivity index (χ4n) is 3.18. The summed E-state index contributed by atoms with van der Waals surface area (Å²) in [5.41, 5.74) is 3.38. The molecule has 2 aromatic carbocycles. The Bertz CT molecular complexity index is 909. The molecule has 0 saturated heterocycles. The maximum atomic E-state index is 12.4. The van der Waals surface area contributed by atoms with Crippen molar-refractivity contribution in [3.8, 4) is 5.75 Å². The topological polar surface area (TPSA) is 95.9 Å². The van der Waals surface area contributed by atoms with Crippen LogP contribution in [-0.2, 0) is 20.8 Å². The summed E-state index contributed by atoms with van der Waals surface area (Å²) in [4.78, 5) is 36.9. The van der Waals surface area contributed by atoms with E-state index in [-0.39, 0.29) is 18.2 Å². The number of nitrogens with zero attached hydrogens (tertiary/aromatic N) is 1. The van der Waals surface area contributed by atoms with Gasteiger partial charge in [0.05, 0.1) is 0 Å². The third kappa shape index (κ3) is 4.68. The number of carboxylic acids is 1. The van der Waals surface area contributed by atoms with E-state index in [0.717, 1.165) is 23.2 Å². The van der Waals surface area contributed by atoms with Crippen LogP contribution < -0.4 is 15.0 Å². The van der Waals surface area contributed by atoms with Gasteiger partial charge in [0.2, 0.25) is 11.8 Å². The van der Waals surface area contributed by atoms with Crippen molar-refractivity contribution in [2.45, 2.75) is 26.2 Å². The molecule has 2 amide bonds. The minimum atomic E-state index is -1.05. The van der Waals surface area contributed by atoms with Crippen LogP contribution in [0, 0.1) is 6.92 Å². The molecule has 1 aliphatic heterocycles. The minimum Gasteiger partial charge on any atom is -0.482 e. The number of hydrogen-bond donors (Lipinski definition) is 2. The molecule has 0 fully saturated rings. The van der Waals surface area contributed by atoms with Crippen LogP contribution >= 0.6 is 0 Å². The Morgan fingerprint density at radius 1 is 1.18 bits per heavy atom. The highest BCUT2D eigenvalue weighted by Crippen LogP contribution is 2.27. The number of amides is 2. The number of aryl methyl sites for hydroxylation is 2. The van der Waals surface area contributed by atoms with Gasteiger partial charge < -0.3 is 20.1 Å². The monoisotopic (exact) mass is 382 g/mol. The molecule has 28 heavy (non-hydrogen) atoms. The van der Waals surface area contributed by atoms with Gasteiger partial charge in [0.25, 0.3) is 0 Å². The second-order valence-corrected chi connectivity index (χ2v) is 6.63. The van der Waals surface area contributed by atoms with E-state index in [1.165, 1.54) is 0 Å². The Morgan fingerprint density at radius 2 is 1.96 bits per heavy atom. The molecular weight excluding hydrogens is 360 g/mol. The van der Waals surface area contributed by atoms with Crippen molar-refractivity contribution in [1.82, 2.24) is 0 Å². The van der Waals surface area contributed by atoms with E-state index >= 15 is 0 Å². The van der Waals surface area contributed by atoms with Gasteiger partial charge in [0, 0.05) is 30.8 Å². The molecule has 0 atom stereocenters. The number of aliphatic carboxylic acids is 1. The van der Waals surface area contributed by atoms with E-state index in [4.69, 9.17) is 9.84 Å². The smallest absolute Gasteiger partial charge is 0.341 e. The molecule has 7 heteroatoms. The average molecular weight is 382 g/mol. The molecular formula is C21H22N2O5. The number of para-hydroxylation sites is 1. The van der Waals surface area contributed by atoms with Crippen molar-refractivity contribution in [3.05, 3.63) is 53.6 Å². The van der Waals surface area contributed by atoms with E-state index in [9.17, 15) is 14.4 Å². The van der Waals surface area contributed by atoms with Gasteiger partial charge in [0.15, 0.2) is 6.61 Å². The largest absolute Gasteiger partial charge is 0.482 e. The van der Waals surface area contributed by atoms with Crippen LogP contribution in [0.2, 0.25) is 0 Å². The van der Waals surface area contributed by atoms with E-state index < -0.39 is 12.6 Å². The third-order valence-corrected chi connectivity index (χ3v) is 4.59. The number of benzene rings is 2. The zero-order chi connectivity index (χ0) is 20.1. The van der Waals surface area contributed by atoms with E-state index in [1.54, 1.807) is 30.0 Å². The Balaban J connectivity index is 1.59. The maximum absolute atomic E-state index is 12.4. The van der Waals surface area contributed by atoms with Gasteiger partial charge in [-0.25, -0.2) is 4.79 Å². The predicted molar refractivity (Wildman–Crippen MR) is 105 cm³/mol. The van der Waals surface area contributed by atoms with Crippen molar-refractivity contribution in [2.75, 3.05) is 23.4 Å². The van der Waals surface area contributed by atoms with Crippen LogP contribution in [0.4, 0.5) is 11.4 Å². The van der Waals surface area contributed by atoms with E-state index in [1.807, 2.05) is 24.3 Å². The summed E-state index contributed by atoms with van der Waals surface area (Å²) in [6.07, 6.45) is 1.36. The van der Waals surface area contributed by atoms with Gasteiger partial charge in [-0.05, 0) is 48.7 Å². The Morgan fingerprint density at radius 3 is 2.71 bits per heavy atom. The van der Waals surface area contributed by atoms with Gasteiger partial charge in [-0.1, -0.05) is 18.2 Å². The van der Waals surface area contributed by atoms with Crippen molar-refractivity contribution < 1.29 is 24.2 Å². The first-order valence-electron chi connectivity index (χ1n) is 9.07. The van der Waals surface area contributed by atoms with Crippen LogP contribution in [0.15, 0.2) is 42.5 Å². The summed E-state index contributed by atoms with van der Waals surface area (Å²) in [5.74, 6) is -0.793. The first-order chi connectivity index (χ1) is 13.4. The van der Waals surface area contributed by atoms with Crippen molar-refractivity contribution in [3.63, 3.8) is 0 Å². The molecule has 3 rings (SSSR count). The van der Waals surface area contributed by atoms with Gasteiger partial charge in [-0.15, -0.1) is 0 Å². The SMILES string of the molecule is Cc1cc(OCC(=O)O)ccc1NC(=O)CCN1C(=O)CCc2ccccc21. The standard InChI is InChI=1S/C21H22N2O5/c1-14-12-16(28-13-21(26)27)7-8-17(14)22-19(24)10-11-23-18-5-3-2-4-15(18)6-9-20(23)25/h2-5,7-8,12H,6,9-11,13H2,1H3,(H,22,24)(H,26,27). The fourth-order valence-corrected chi connectivity index (χ4v) is 3.18. The Kier molecular flexibility index (Phi) is 5.93. The number of anilines is 2.